The fraction of sp³-hybridized carbons (Fsp3) is 0.333. The summed E-state index contributed by atoms with van der Waals surface area (Å²) in [4.78, 5) is 0. The first-order valence-electron chi connectivity index (χ1n) is 7.64. The van der Waals surface area contributed by atoms with E-state index in [1.165, 1.54) is 0 Å². The normalized spacial score (nSPS) is 18.1. The Morgan fingerprint density at radius 1 is 1.04 bits per heavy atom. The molecule has 1 aliphatic rings. The molecule has 24 heavy (non-hydrogen) atoms. The van der Waals surface area contributed by atoms with Crippen LogP contribution in [0, 0.1) is 30.6 Å². The third-order valence-corrected chi connectivity index (χ3v) is 5.04. The van der Waals surface area contributed by atoms with E-state index in [1.54, 1.807) is 0 Å². The first-order valence-corrected chi connectivity index (χ1v) is 9.22. The second-order valence-corrected chi connectivity index (χ2v) is 8.04. The van der Waals surface area contributed by atoms with Gasteiger partial charge in [0.25, 0.3) is 0 Å². The van der Waals surface area contributed by atoms with Crippen molar-refractivity contribution >= 4 is 43.5 Å². The molecule has 0 amide bonds. The molecule has 0 aromatic heterocycles. The Kier molecular flexibility index (Phi) is 6.04. The summed E-state index contributed by atoms with van der Waals surface area (Å²) in [7, 11) is 0. The largest absolute Gasteiger partial charge is 0.281 e. The van der Waals surface area contributed by atoms with Gasteiger partial charge in [-0.25, -0.2) is 0 Å². The number of amidine groups is 2. The first-order chi connectivity index (χ1) is 11.2. The Morgan fingerprint density at radius 2 is 1.58 bits per heavy atom. The van der Waals surface area contributed by atoms with Crippen LogP contribution in [-0.2, 0) is 0 Å². The van der Waals surface area contributed by atoms with Crippen LogP contribution >= 0.6 is 31.9 Å². The number of benzene rings is 1. The van der Waals surface area contributed by atoms with Crippen molar-refractivity contribution in [3.8, 4) is 0 Å². The molecular weight excluding hydrogens is 432 g/mol. The van der Waals surface area contributed by atoms with Gasteiger partial charge >= 0.3 is 0 Å². The van der Waals surface area contributed by atoms with Gasteiger partial charge in [0, 0.05) is 15.6 Å². The Bertz CT molecular complexity index is 780. The van der Waals surface area contributed by atoms with Crippen LogP contribution in [0.1, 0.15) is 37.0 Å². The standard InChI is InChI=1S/C18H20Br2N4/c1-9-5-13(19)6-10(2)15(9)17(21)23-24-18(22)16-11(3)7-14(20)8-12(16)4/h5-7,12,21-22H,8H2,1-4H3/b21-17?,22-18?,24-23-. The van der Waals surface area contributed by atoms with Crippen molar-refractivity contribution in [1.82, 2.24) is 0 Å². The molecule has 0 aliphatic heterocycles. The molecule has 0 spiro atoms. The molecule has 4 nitrogen and oxygen atoms in total. The van der Waals surface area contributed by atoms with Crippen LogP contribution in [-0.4, -0.2) is 11.7 Å². The molecular formula is C18H20Br2N4. The number of allylic oxidation sites excluding steroid dienone is 3. The molecule has 126 valence electrons. The molecule has 2 rings (SSSR count). The van der Waals surface area contributed by atoms with Crippen LogP contribution in [0.25, 0.3) is 0 Å². The quantitative estimate of drug-likeness (QED) is 0.294. The highest BCUT2D eigenvalue weighted by molar-refractivity contribution is 9.11. The Balaban J connectivity index is 2.27. The van der Waals surface area contributed by atoms with E-state index in [1.807, 2.05) is 39.0 Å². The lowest BCUT2D eigenvalue weighted by atomic mass is 9.88. The summed E-state index contributed by atoms with van der Waals surface area (Å²) in [6, 6.07) is 3.91. The molecule has 1 unspecified atom stereocenters. The molecule has 1 aromatic carbocycles. The first kappa shape index (κ1) is 18.9. The highest BCUT2D eigenvalue weighted by Crippen LogP contribution is 2.33. The number of rotatable bonds is 2. The third kappa shape index (κ3) is 4.16. The summed E-state index contributed by atoms with van der Waals surface area (Å²) in [5.74, 6) is 0.426. The maximum absolute atomic E-state index is 8.24. The van der Waals surface area contributed by atoms with E-state index in [9.17, 15) is 0 Å². The predicted octanol–water partition coefficient (Wildman–Crippen LogP) is 6.46. The van der Waals surface area contributed by atoms with Crippen LogP contribution < -0.4 is 0 Å². The van der Waals surface area contributed by atoms with Gasteiger partial charge in [0.1, 0.15) is 0 Å². The van der Waals surface area contributed by atoms with E-state index in [0.717, 1.165) is 43.2 Å². The smallest absolute Gasteiger partial charge is 0.174 e. The number of nitrogens with zero attached hydrogens (tertiary/aromatic N) is 2. The van der Waals surface area contributed by atoms with Crippen LogP contribution in [0.15, 0.2) is 48.5 Å². The molecule has 6 heteroatoms. The summed E-state index contributed by atoms with van der Waals surface area (Å²) in [6.45, 7) is 7.94. The van der Waals surface area contributed by atoms with E-state index < -0.39 is 0 Å². The van der Waals surface area contributed by atoms with Gasteiger partial charge in [-0.15, -0.1) is 10.2 Å². The topological polar surface area (TPSA) is 72.4 Å². The molecule has 0 fully saturated rings. The van der Waals surface area contributed by atoms with Gasteiger partial charge in [0.2, 0.25) is 0 Å². The maximum Gasteiger partial charge on any atom is 0.174 e. The minimum Gasteiger partial charge on any atom is -0.281 e. The van der Waals surface area contributed by atoms with E-state index >= 15 is 0 Å². The summed E-state index contributed by atoms with van der Waals surface area (Å²) < 4.78 is 2.11. The van der Waals surface area contributed by atoms with Crippen molar-refractivity contribution in [2.45, 2.75) is 34.1 Å². The maximum atomic E-state index is 8.24. The van der Waals surface area contributed by atoms with Crippen molar-refractivity contribution in [3.05, 3.63) is 55.0 Å². The van der Waals surface area contributed by atoms with Gasteiger partial charge in [-0.2, -0.15) is 0 Å². The number of halogens is 2. The van der Waals surface area contributed by atoms with Gasteiger partial charge in [-0.1, -0.05) is 38.8 Å². The summed E-state index contributed by atoms with van der Waals surface area (Å²) in [5, 5.41) is 24.5. The highest BCUT2D eigenvalue weighted by Gasteiger charge is 2.21. The molecule has 0 saturated heterocycles. The van der Waals surface area contributed by atoms with E-state index in [-0.39, 0.29) is 17.6 Å². The van der Waals surface area contributed by atoms with E-state index in [2.05, 4.69) is 49.0 Å². The van der Waals surface area contributed by atoms with Crippen LogP contribution in [0.3, 0.4) is 0 Å². The molecule has 0 radical (unpaired) electrons. The average molecular weight is 452 g/mol. The van der Waals surface area contributed by atoms with Gasteiger partial charge < -0.3 is 0 Å². The molecule has 1 atom stereocenters. The SMILES string of the molecule is CC1=C(C(=N)/N=N\C(=N)c2c(C)cc(Br)cc2C)C(C)CC(Br)=C1. The van der Waals surface area contributed by atoms with Crippen LogP contribution in [0.5, 0.6) is 0 Å². The molecule has 2 N–H and O–H groups in total. The summed E-state index contributed by atoms with van der Waals surface area (Å²) in [5.41, 5.74) is 4.60. The lowest BCUT2D eigenvalue weighted by Crippen LogP contribution is -2.13. The van der Waals surface area contributed by atoms with Crippen molar-refractivity contribution in [2.24, 2.45) is 16.1 Å². The Labute approximate surface area is 159 Å². The fourth-order valence-corrected chi connectivity index (χ4v) is 4.58. The fourth-order valence-electron chi connectivity index (χ4n) is 3.06. The lowest BCUT2D eigenvalue weighted by Gasteiger charge is -2.21. The highest BCUT2D eigenvalue weighted by atomic mass is 79.9. The predicted molar refractivity (Wildman–Crippen MR) is 107 cm³/mol. The zero-order valence-corrected chi connectivity index (χ0v) is 17.3. The zero-order valence-electron chi connectivity index (χ0n) is 14.2. The zero-order chi connectivity index (χ0) is 18.0. The van der Waals surface area contributed by atoms with Crippen molar-refractivity contribution in [2.75, 3.05) is 0 Å². The Morgan fingerprint density at radius 3 is 2.12 bits per heavy atom. The van der Waals surface area contributed by atoms with Crippen molar-refractivity contribution in [3.63, 3.8) is 0 Å². The Hall–Kier alpha value is -1.40. The van der Waals surface area contributed by atoms with Gasteiger partial charge in [-0.3, -0.25) is 10.8 Å². The molecule has 1 aliphatic carbocycles. The third-order valence-electron chi connectivity index (χ3n) is 4.03. The monoisotopic (exact) mass is 450 g/mol. The molecule has 0 heterocycles. The van der Waals surface area contributed by atoms with Gasteiger partial charge in [0.15, 0.2) is 11.7 Å². The number of nitrogens with one attached hydrogen (secondary N) is 2. The molecule has 1 aromatic rings. The van der Waals surface area contributed by atoms with Crippen LogP contribution in [0.4, 0.5) is 0 Å². The average Bonchev–Trinajstić information content (AvgIpc) is 2.42. The second kappa shape index (κ2) is 7.66. The minimum absolute atomic E-state index is 0.0840. The van der Waals surface area contributed by atoms with Gasteiger partial charge in [-0.05, 0) is 72.5 Å². The lowest BCUT2D eigenvalue weighted by molar-refractivity contribution is 0.697. The minimum atomic E-state index is 0.0840. The second-order valence-electron chi connectivity index (χ2n) is 6.10. The van der Waals surface area contributed by atoms with Crippen LogP contribution in [0.2, 0.25) is 0 Å². The van der Waals surface area contributed by atoms with Crippen molar-refractivity contribution < 1.29 is 0 Å². The van der Waals surface area contributed by atoms with E-state index in [0.29, 0.717) is 0 Å². The van der Waals surface area contributed by atoms with Gasteiger partial charge in [0.05, 0.1) is 0 Å². The molecule has 0 saturated carbocycles. The number of azo groups is 1. The molecule has 0 bridgehead atoms. The number of hydrogen-bond acceptors (Lipinski definition) is 2. The number of aryl methyl sites for hydroxylation is 2. The number of hydrogen-bond donors (Lipinski definition) is 2. The summed E-state index contributed by atoms with van der Waals surface area (Å²) in [6.07, 6.45) is 2.88. The summed E-state index contributed by atoms with van der Waals surface area (Å²) >= 11 is 6.98. The van der Waals surface area contributed by atoms with E-state index in [4.69, 9.17) is 10.8 Å². The van der Waals surface area contributed by atoms with Crippen molar-refractivity contribution in [1.29, 1.82) is 10.8 Å².